The van der Waals surface area contributed by atoms with E-state index >= 15 is 0 Å². The van der Waals surface area contributed by atoms with Gasteiger partial charge in [-0.3, -0.25) is 9.59 Å². The monoisotopic (exact) mass is 420 g/mol. The van der Waals surface area contributed by atoms with Crippen LogP contribution < -0.4 is 10.1 Å². The van der Waals surface area contributed by atoms with Gasteiger partial charge < -0.3 is 19.4 Å². The van der Waals surface area contributed by atoms with Crippen LogP contribution in [-0.2, 0) is 11.2 Å². The number of pyridine rings is 1. The first-order chi connectivity index (χ1) is 15.0. The minimum Gasteiger partial charge on any atom is -0.497 e. The van der Waals surface area contributed by atoms with Crippen LogP contribution in [0.2, 0.25) is 0 Å². The van der Waals surface area contributed by atoms with Gasteiger partial charge in [0.1, 0.15) is 17.1 Å². The third-order valence-corrected chi connectivity index (χ3v) is 5.83. The van der Waals surface area contributed by atoms with Gasteiger partial charge in [-0.1, -0.05) is 18.2 Å². The molecule has 1 aromatic carbocycles. The van der Waals surface area contributed by atoms with Crippen molar-refractivity contribution in [3.8, 4) is 5.75 Å². The predicted octanol–water partition coefficient (Wildman–Crippen LogP) is 2.86. The Labute approximate surface area is 182 Å². The number of carbonyl (C=O) groups is 2. The molecule has 1 fully saturated rings. The molecule has 0 bridgehead atoms. The molecule has 0 radical (unpaired) electrons. The number of likely N-dealkylation sites (tertiary alicyclic amines) is 1. The van der Waals surface area contributed by atoms with E-state index in [-0.39, 0.29) is 17.7 Å². The van der Waals surface area contributed by atoms with Crippen molar-refractivity contribution in [2.45, 2.75) is 26.2 Å². The first-order valence-corrected chi connectivity index (χ1v) is 10.7. The topological polar surface area (TPSA) is 75.9 Å². The number of aryl methyl sites for hydroxylation is 1. The second kappa shape index (κ2) is 9.20. The van der Waals surface area contributed by atoms with Crippen molar-refractivity contribution in [3.63, 3.8) is 0 Å². The summed E-state index contributed by atoms with van der Waals surface area (Å²) in [7, 11) is 1.62. The smallest absolute Gasteiger partial charge is 0.274 e. The zero-order chi connectivity index (χ0) is 21.8. The van der Waals surface area contributed by atoms with E-state index in [4.69, 9.17) is 4.74 Å². The minimum absolute atomic E-state index is 0.00978. The highest BCUT2D eigenvalue weighted by atomic mass is 16.5. The van der Waals surface area contributed by atoms with E-state index in [0.29, 0.717) is 25.2 Å². The Bertz CT molecular complexity index is 1070. The molecule has 1 N–H and O–H groups in total. The molecule has 2 aromatic heterocycles. The molecule has 0 aliphatic carbocycles. The van der Waals surface area contributed by atoms with Gasteiger partial charge in [0, 0.05) is 31.5 Å². The normalized spacial score (nSPS) is 16.3. The van der Waals surface area contributed by atoms with Crippen molar-refractivity contribution in [1.29, 1.82) is 0 Å². The van der Waals surface area contributed by atoms with Gasteiger partial charge in [-0.15, -0.1) is 0 Å². The molecule has 4 rings (SSSR count). The molecule has 0 spiro atoms. The van der Waals surface area contributed by atoms with Crippen LogP contribution in [0.25, 0.3) is 5.65 Å². The largest absolute Gasteiger partial charge is 0.497 e. The molecule has 0 saturated carbocycles. The lowest BCUT2D eigenvalue weighted by atomic mass is 9.97. The Hall–Kier alpha value is -3.35. The fourth-order valence-corrected chi connectivity index (χ4v) is 4.08. The quantitative estimate of drug-likeness (QED) is 0.665. The van der Waals surface area contributed by atoms with Crippen LogP contribution in [0.4, 0.5) is 0 Å². The number of ether oxygens (including phenoxy) is 1. The number of benzene rings is 1. The summed E-state index contributed by atoms with van der Waals surface area (Å²) in [5.74, 6) is 0.968. The molecular weight excluding hydrogens is 392 g/mol. The number of nitrogens with zero attached hydrogens (tertiary/aromatic N) is 3. The number of methoxy groups -OCH3 is 1. The molecule has 3 aromatic rings. The van der Waals surface area contributed by atoms with E-state index < -0.39 is 0 Å². The Balaban J connectivity index is 1.31. The van der Waals surface area contributed by atoms with Gasteiger partial charge in [0.2, 0.25) is 5.91 Å². The number of hydrogen-bond donors (Lipinski definition) is 1. The summed E-state index contributed by atoms with van der Waals surface area (Å²) in [5, 5.41) is 3.03. The minimum atomic E-state index is -0.0441. The molecule has 0 unspecified atom stereocenters. The molecule has 7 heteroatoms. The molecule has 31 heavy (non-hydrogen) atoms. The Morgan fingerprint density at radius 1 is 1.19 bits per heavy atom. The van der Waals surface area contributed by atoms with Crippen molar-refractivity contribution in [2.24, 2.45) is 5.92 Å². The fraction of sp³-hybridized carbons (Fsp3) is 0.375. The van der Waals surface area contributed by atoms with Crippen LogP contribution in [0.3, 0.4) is 0 Å². The predicted molar refractivity (Wildman–Crippen MR) is 118 cm³/mol. The van der Waals surface area contributed by atoms with Gasteiger partial charge in [0.05, 0.1) is 13.5 Å². The number of rotatable bonds is 6. The highest BCUT2D eigenvalue weighted by molar-refractivity contribution is 5.93. The fourth-order valence-electron chi connectivity index (χ4n) is 4.08. The Morgan fingerprint density at radius 2 is 2.00 bits per heavy atom. The van der Waals surface area contributed by atoms with Crippen LogP contribution in [0.15, 0.2) is 48.7 Å². The number of nitrogens with one attached hydrogen (secondary N) is 1. The van der Waals surface area contributed by atoms with E-state index in [1.54, 1.807) is 7.11 Å². The van der Waals surface area contributed by atoms with Gasteiger partial charge in [-0.05, 0) is 55.5 Å². The molecule has 1 atom stereocenters. The van der Waals surface area contributed by atoms with Crippen LogP contribution >= 0.6 is 0 Å². The summed E-state index contributed by atoms with van der Waals surface area (Å²) in [6, 6.07) is 13.3. The van der Waals surface area contributed by atoms with Crippen LogP contribution in [0.5, 0.6) is 5.75 Å². The number of piperidine rings is 1. The third kappa shape index (κ3) is 4.87. The number of amides is 2. The number of fused-ring (bicyclic) bond motifs is 1. The van der Waals surface area contributed by atoms with Crippen molar-refractivity contribution in [1.82, 2.24) is 19.6 Å². The van der Waals surface area contributed by atoms with Crippen LogP contribution in [0, 0.1) is 12.8 Å². The average Bonchev–Trinajstić information content (AvgIpc) is 3.24. The second-order valence-corrected chi connectivity index (χ2v) is 8.11. The molecule has 162 valence electrons. The summed E-state index contributed by atoms with van der Waals surface area (Å²) >= 11 is 0. The Kier molecular flexibility index (Phi) is 6.21. The lowest BCUT2D eigenvalue weighted by molar-refractivity contribution is -0.120. The average molecular weight is 421 g/mol. The standard InChI is InChI=1S/C24H28N4O3/c1-17-5-3-7-22-26-21(16-28(17)22)24(30)27-12-4-6-19(15-27)14-25-23(29)13-18-8-10-20(31-2)11-9-18/h3,5,7-11,16,19H,4,6,12-15H2,1-2H3,(H,25,29)/t19-/m1/s1. The summed E-state index contributed by atoms with van der Waals surface area (Å²) < 4.78 is 7.09. The van der Waals surface area contributed by atoms with Gasteiger partial charge in [0.25, 0.3) is 5.91 Å². The number of imidazole rings is 1. The van der Waals surface area contributed by atoms with Gasteiger partial charge in [-0.2, -0.15) is 0 Å². The molecule has 7 nitrogen and oxygen atoms in total. The second-order valence-electron chi connectivity index (χ2n) is 8.11. The zero-order valence-corrected chi connectivity index (χ0v) is 18.0. The highest BCUT2D eigenvalue weighted by Crippen LogP contribution is 2.19. The number of hydrogen-bond acceptors (Lipinski definition) is 4. The maximum atomic E-state index is 13.0. The zero-order valence-electron chi connectivity index (χ0n) is 18.0. The van der Waals surface area contributed by atoms with E-state index in [0.717, 1.165) is 42.0 Å². The first-order valence-electron chi connectivity index (χ1n) is 10.7. The van der Waals surface area contributed by atoms with E-state index in [1.807, 2.05) is 64.9 Å². The molecule has 1 aliphatic heterocycles. The van der Waals surface area contributed by atoms with E-state index in [2.05, 4.69) is 10.3 Å². The SMILES string of the molecule is COc1ccc(CC(=O)NC[C@H]2CCCN(C(=O)c3cn4c(C)cccc4n3)C2)cc1. The molecular formula is C24H28N4O3. The Morgan fingerprint density at radius 3 is 2.74 bits per heavy atom. The summed E-state index contributed by atoms with van der Waals surface area (Å²) in [6.45, 7) is 3.92. The molecule has 1 aliphatic rings. The summed E-state index contributed by atoms with van der Waals surface area (Å²) in [5.41, 5.74) is 3.24. The van der Waals surface area contributed by atoms with Crippen molar-refractivity contribution >= 4 is 17.5 Å². The van der Waals surface area contributed by atoms with Crippen molar-refractivity contribution < 1.29 is 14.3 Å². The third-order valence-electron chi connectivity index (χ3n) is 5.83. The van der Waals surface area contributed by atoms with E-state index in [1.165, 1.54) is 0 Å². The van der Waals surface area contributed by atoms with Gasteiger partial charge >= 0.3 is 0 Å². The van der Waals surface area contributed by atoms with Crippen LogP contribution in [0.1, 0.15) is 34.6 Å². The van der Waals surface area contributed by atoms with E-state index in [9.17, 15) is 9.59 Å². The summed E-state index contributed by atoms with van der Waals surface area (Å²) in [6.07, 6.45) is 4.07. The highest BCUT2D eigenvalue weighted by Gasteiger charge is 2.26. The maximum Gasteiger partial charge on any atom is 0.274 e. The van der Waals surface area contributed by atoms with Crippen molar-refractivity contribution in [2.75, 3.05) is 26.7 Å². The lowest BCUT2D eigenvalue weighted by Crippen LogP contribution is -2.44. The first kappa shape index (κ1) is 20.9. The van der Waals surface area contributed by atoms with Gasteiger partial charge in [-0.25, -0.2) is 4.98 Å². The molecule has 2 amide bonds. The van der Waals surface area contributed by atoms with Crippen LogP contribution in [-0.4, -0.2) is 52.8 Å². The maximum absolute atomic E-state index is 13.0. The van der Waals surface area contributed by atoms with Gasteiger partial charge in [0.15, 0.2) is 0 Å². The number of aromatic nitrogens is 2. The molecule has 1 saturated heterocycles. The lowest BCUT2D eigenvalue weighted by Gasteiger charge is -2.32. The van der Waals surface area contributed by atoms with Crippen molar-refractivity contribution in [3.05, 3.63) is 65.6 Å². The summed E-state index contributed by atoms with van der Waals surface area (Å²) in [4.78, 5) is 31.7. The molecule has 3 heterocycles. The number of carbonyl (C=O) groups excluding carboxylic acids is 2.